The summed E-state index contributed by atoms with van der Waals surface area (Å²) in [6.45, 7) is 2.63. The number of para-hydroxylation sites is 1. The van der Waals surface area contributed by atoms with Crippen molar-refractivity contribution in [3.05, 3.63) is 94.8 Å². The van der Waals surface area contributed by atoms with Crippen molar-refractivity contribution in [1.29, 1.82) is 5.26 Å². The van der Waals surface area contributed by atoms with Gasteiger partial charge >= 0.3 is 5.97 Å². The Bertz CT molecular complexity index is 1210. The molecule has 0 saturated heterocycles. The summed E-state index contributed by atoms with van der Waals surface area (Å²) >= 11 is 0. The lowest BCUT2D eigenvalue weighted by molar-refractivity contribution is -0.138. The van der Waals surface area contributed by atoms with Gasteiger partial charge in [0.25, 0.3) is 0 Å². The molecule has 7 heteroatoms. The van der Waals surface area contributed by atoms with Crippen LogP contribution in [-0.2, 0) is 11.2 Å². The third-order valence-electron chi connectivity index (χ3n) is 6.29. The molecule has 34 heavy (non-hydrogen) atoms. The fourth-order valence-corrected chi connectivity index (χ4v) is 4.38. The maximum atomic E-state index is 15.0. The second-order valence-electron chi connectivity index (χ2n) is 8.44. The van der Waals surface area contributed by atoms with E-state index in [9.17, 15) is 19.6 Å². The van der Waals surface area contributed by atoms with Crippen LogP contribution in [0.2, 0.25) is 0 Å². The maximum Gasteiger partial charge on any atom is 0.310 e. The van der Waals surface area contributed by atoms with Gasteiger partial charge in [-0.3, -0.25) is 4.79 Å². The number of nitrogens with zero attached hydrogens (tertiary/aromatic N) is 1. The van der Waals surface area contributed by atoms with Gasteiger partial charge < -0.3 is 21.1 Å². The van der Waals surface area contributed by atoms with Crippen LogP contribution >= 0.6 is 0 Å². The van der Waals surface area contributed by atoms with E-state index in [2.05, 4.69) is 22.0 Å². The van der Waals surface area contributed by atoms with E-state index in [1.165, 1.54) is 13.0 Å². The topological polar surface area (TPSA) is 97.2 Å². The number of aliphatic carboxylic acids is 1. The standard InChI is InChI=1S/C27H27FN4O2/c1-17(27(33)34)21-11-5-9-18(24(21)28)13-14-30-25(19-7-3-2-4-8-19)23-16-31-22-12-6-10-20(15-29)26(22)32-23/h2-12,17,23,25,30-32H,13-14,16H2,1H3,(H,33,34)/t17-,23+,25+/m0/s1. The van der Waals surface area contributed by atoms with Crippen LogP contribution in [-0.4, -0.2) is 30.2 Å². The van der Waals surface area contributed by atoms with Gasteiger partial charge in [0, 0.05) is 12.1 Å². The fourth-order valence-electron chi connectivity index (χ4n) is 4.38. The highest BCUT2D eigenvalue weighted by molar-refractivity contribution is 5.77. The van der Waals surface area contributed by atoms with E-state index in [0.29, 0.717) is 30.6 Å². The average Bonchev–Trinajstić information content (AvgIpc) is 2.87. The quantitative estimate of drug-likeness (QED) is 0.392. The van der Waals surface area contributed by atoms with Crippen LogP contribution < -0.4 is 16.0 Å². The number of carboxylic acid groups (broad SMARTS) is 1. The van der Waals surface area contributed by atoms with Crippen molar-refractivity contribution in [2.45, 2.75) is 31.3 Å². The molecule has 1 aliphatic heterocycles. The van der Waals surface area contributed by atoms with Crippen molar-refractivity contribution in [3.63, 3.8) is 0 Å². The molecule has 0 saturated carbocycles. The molecule has 6 nitrogen and oxygen atoms in total. The van der Waals surface area contributed by atoms with E-state index in [0.717, 1.165) is 16.9 Å². The summed E-state index contributed by atoms with van der Waals surface area (Å²) in [5.41, 5.74) is 4.01. The number of hydrogen-bond acceptors (Lipinski definition) is 5. The molecule has 0 fully saturated rings. The van der Waals surface area contributed by atoms with Gasteiger partial charge in [-0.15, -0.1) is 0 Å². The van der Waals surface area contributed by atoms with Gasteiger partial charge in [-0.25, -0.2) is 4.39 Å². The van der Waals surface area contributed by atoms with E-state index >= 15 is 0 Å². The lowest BCUT2D eigenvalue weighted by Gasteiger charge is -2.35. The number of nitrogens with one attached hydrogen (secondary N) is 3. The molecule has 3 aromatic rings. The molecule has 4 N–H and O–H groups in total. The lowest BCUT2D eigenvalue weighted by atomic mass is 9.95. The Morgan fingerprint density at radius 3 is 2.68 bits per heavy atom. The van der Waals surface area contributed by atoms with E-state index < -0.39 is 17.7 Å². The Morgan fingerprint density at radius 2 is 1.94 bits per heavy atom. The zero-order chi connectivity index (χ0) is 24.1. The Balaban J connectivity index is 1.53. The number of halogens is 1. The van der Waals surface area contributed by atoms with Gasteiger partial charge in [-0.2, -0.15) is 5.26 Å². The average molecular weight is 459 g/mol. The molecule has 0 spiro atoms. The third kappa shape index (κ3) is 4.87. The van der Waals surface area contributed by atoms with Gasteiger partial charge in [-0.1, -0.05) is 54.6 Å². The highest BCUT2D eigenvalue weighted by Crippen LogP contribution is 2.33. The molecule has 0 aromatic heterocycles. The highest BCUT2D eigenvalue weighted by atomic mass is 19.1. The van der Waals surface area contributed by atoms with Gasteiger partial charge in [0.15, 0.2) is 0 Å². The van der Waals surface area contributed by atoms with Gasteiger partial charge in [0.1, 0.15) is 11.9 Å². The molecule has 3 atom stereocenters. The molecule has 1 heterocycles. The first-order valence-corrected chi connectivity index (χ1v) is 11.3. The number of carboxylic acids is 1. The number of rotatable bonds is 8. The predicted molar refractivity (Wildman–Crippen MR) is 130 cm³/mol. The smallest absolute Gasteiger partial charge is 0.310 e. The number of benzene rings is 3. The van der Waals surface area contributed by atoms with Crippen molar-refractivity contribution in [1.82, 2.24) is 5.32 Å². The lowest BCUT2D eigenvalue weighted by Crippen LogP contribution is -2.44. The summed E-state index contributed by atoms with van der Waals surface area (Å²) in [5.74, 6) is -2.41. The summed E-state index contributed by atoms with van der Waals surface area (Å²) in [5, 5.41) is 29.3. The molecule has 4 rings (SSSR count). The van der Waals surface area contributed by atoms with E-state index in [1.807, 2.05) is 42.5 Å². The molecule has 1 aliphatic rings. The van der Waals surface area contributed by atoms with Crippen molar-refractivity contribution < 1.29 is 14.3 Å². The summed E-state index contributed by atoms with van der Waals surface area (Å²) in [4.78, 5) is 11.3. The zero-order valence-electron chi connectivity index (χ0n) is 18.9. The number of nitriles is 1. The minimum atomic E-state index is -1.05. The van der Waals surface area contributed by atoms with Crippen molar-refractivity contribution >= 4 is 17.3 Å². The van der Waals surface area contributed by atoms with Crippen LogP contribution in [0, 0.1) is 17.1 Å². The number of hydrogen-bond donors (Lipinski definition) is 4. The van der Waals surface area contributed by atoms with Crippen LogP contribution in [0.3, 0.4) is 0 Å². The number of carbonyl (C=O) groups is 1. The van der Waals surface area contributed by atoms with Crippen LogP contribution in [0.5, 0.6) is 0 Å². The van der Waals surface area contributed by atoms with E-state index in [1.54, 1.807) is 18.2 Å². The SMILES string of the molecule is C[C@H](C(=O)O)c1cccc(CCN[C@H](c2ccccc2)[C@H]2CNc3cccc(C#N)c3N2)c1F. The van der Waals surface area contributed by atoms with Gasteiger partial charge in [0.05, 0.1) is 34.9 Å². The molecule has 0 bridgehead atoms. The summed E-state index contributed by atoms with van der Waals surface area (Å²) in [6, 6.07) is 22.6. The first-order valence-electron chi connectivity index (χ1n) is 11.3. The largest absolute Gasteiger partial charge is 0.481 e. The Morgan fingerprint density at radius 1 is 1.18 bits per heavy atom. The summed E-state index contributed by atoms with van der Waals surface area (Å²) in [7, 11) is 0. The molecular formula is C27H27FN4O2. The van der Waals surface area contributed by atoms with Gasteiger partial charge in [-0.05, 0) is 43.1 Å². The second kappa shape index (κ2) is 10.4. The molecule has 0 unspecified atom stereocenters. The third-order valence-corrected chi connectivity index (χ3v) is 6.29. The Hall–Kier alpha value is -3.89. The normalized spacial score (nSPS) is 16.3. The minimum Gasteiger partial charge on any atom is -0.481 e. The summed E-state index contributed by atoms with van der Waals surface area (Å²) < 4.78 is 15.0. The van der Waals surface area contributed by atoms with Crippen molar-refractivity contribution in [2.75, 3.05) is 23.7 Å². The first-order chi connectivity index (χ1) is 16.5. The maximum absolute atomic E-state index is 15.0. The monoisotopic (exact) mass is 458 g/mol. The van der Waals surface area contributed by atoms with Crippen molar-refractivity contribution in [3.8, 4) is 6.07 Å². The Kier molecular flexibility index (Phi) is 7.09. The molecular weight excluding hydrogens is 431 g/mol. The fraction of sp³-hybridized carbons (Fsp3) is 0.259. The number of anilines is 2. The van der Waals surface area contributed by atoms with Crippen LogP contribution in [0.15, 0.2) is 66.7 Å². The van der Waals surface area contributed by atoms with Crippen LogP contribution in [0.4, 0.5) is 15.8 Å². The van der Waals surface area contributed by atoms with E-state index in [4.69, 9.17) is 0 Å². The van der Waals surface area contributed by atoms with Crippen molar-refractivity contribution in [2.24, 2.45) is 0 Å². The molecule has 3 aromatic carbocycles. The predicted octanol–water partition coefficient (Wildman–Crippen LogP) is 4.67. The Labute approximate surface area is 198 Å². The van der Waals surface area contributed by atoms with Crippen LogP contribution in [0.1, 0.15) is 41.1 Å². The second-order valence-corrected chi connectivity index (χ2v) is 8.44. The minimum absolute atomic E-state index is 0.0485. The van der Waals surface area contributed by atoms with Gasteiger partial charge in [0.2, 0.25) is 0 Å². The zero-order valence-corrected chi connectivity index (χ0v) is 18.9. The summed E-state index contributed by atoms with van der Waals surface area (Å²) in [6.07, 6.45) is 0.412. The molecule has 0 radical (unpaired) electrons. The molecule has 0 amide bonds. The number of fused-ring (bicyclic) bond motifs is 1. The van der Waals surface area contributed by atoms with Crippen LogP contribution in [0.25, 0.3) is 0 Å². The molecule has 0 aliphatic carbocycles. The highest BCUT2D eigenvalue weighted by Gasteiger charge is 2.28. The van der Waals surface area contributed by atoms with E-state index in [-0.39, 0.29) is 17.6 Å². The molecule has 174 valence electrons. The first kappa shape index (κ1) is 23.3.